The predicted octanol–water partition coefficient (Wildman–Crippen LogP) is 15.5. The second-order valence-electron chi connectivity index (χ2n) is 21.6. The van der Waals surface area contributed by atoms with Crippen molar-refractivity contribution in [2.45, 2.75) is 105 Å². The van der Waals surface area contributed by atoms with Gasteiger partial charge in [-0.2, -0.15) is 0 Å². The number of hydrogen-bond acceptors (Lipinski definition) is 0. The Labute approximate surface area is 351 Å². The molecule has 0 radical (unpaired) electrons. The minimum absolute atomic E-state index is 0.0724. The highest BCUT2D eigenvalue weighted by atomic mass is 14.8. The average molecular weight is 781 g/mol. The Hall–Kier alpha value is -6.36. The molecule has 296 valence electrons. The first-order valence-corrected chi connectivity index (χ1v) is 21.4. The third kappa shape index (κ3) is 5.33. The van der Waals surface area contributed by atoms with Crippen LogP contribution in [0.15, 0.2) is 72.8 Å². The smallest absolute Gasteiger partial charge is 0.0710 e. The largest absolute Gasteiger partial charge is 0.352 e. The van der Waals surface area contributed by atoms with Crippen LogP contribution in [0.1, 0.15) is 105 Å². The van der Waals surface area contributed by atoms with Gasteiger partial charge >= 0.3 is 0 Å². The van der Waals surface area contributed by atoms with Crippen molar-refractivity contribution in [2.24, 2.45) is 0 Å². The van der Waals surface area contributed by atoms with Gasteiger partial charge in [0.2, 0.25) is 0 Å². The number of H-pyrrole nitrogens is 4. The molecule has 8 bridgehead atoms. The highest BCUT2D eigenvalue weighted by molar-refractivity contribution is 6.26. The number of rotatable bonds is 0. The zero-order valence-corrected chi connectivity index (χ0v) is 36.9. The Morgan fingerprint density at radius 3 is 0.650 bits per heavy atom. The Kier molecular flexibility index (Phi) is 7.14. The fraction of sp³-hybridized carbons (Fsp3) is 0.286. The van der Waals surface area contributed by atoms with Crippen molar-refractivity contribution in [1.82, 2.24) is 19.9 Å². The average Bonchev–Trinajstić information content (AvgIpc) is 3.93. The minimum Gasteiger partial charge on any atom is -0.352 e. The molecule has 60 heavy (non-hydrogen) atoms. The SMILES string of the molecule is CC(C)(C)c1cc2c#cc3cc(C(C)(C)C)cc4c5ccc6c7cc(C(C)(C)C)cc(c#cc8cc(C(C)(C)C)cc9c%10ccc%11c(c1)c2[nH]c%11c%10[nH]c89)c7[nH]c6c5[nH]c34. The van der Waals surface area contributed by atoms with Crippen molar-refractivity contribution in [3.8, 4) is 0 Å². The van der Waals surface area contributed by atoms with E-state index in [0.717, 1.165) is 65.7 Å². The van der Waals surface area contributed by atoms with E-state index in [-0.39, 0.29) is 21.7 Å². The lowest BCUT2D eigenvalue weighted by Gasteiger charge is -2.19. The third-order valence-corrected chi connectivity index (χ3v) is 13.3. The van der Waals surface area contributed by atoms with E-state index in [0.29, 0.717) is 0 Å². The van der Waals surface area contributed by atoms with Gasteiger partial charge in [-0.3, -0.25) is 0 Å². The number of nitrogens with one attached hydrogen (secondary N) is 4. The lowest BCUT2D eigenvalue weighted by Crippen LogP contribution is -2.10. The molecule has 0 atom stereocenters. The molecule has 0 saturated carbocycles. The molecule has 4 N–H and O–H groups in total. The maximum atomic E-state index is 3.94. The number of hydrogen-bond donors (Lipinski definition) is 4. The van der Waals surface area contributed by atoms with Crippen molar-refractivity contribution < 1.29 is 0 Å². The van der Waals surface area contributed by atoms with Crippen LogP contribution in [0.5, 0.6) is 0 Å². The molecule has 0 fully saturated rings. The van der Waals surface area contributed by atoms with E-state index in [4.69, 9.17) is 0 Å². The molecule has 11 rings (SSSR count). The summed E-state index contributed by atoms with van der Waals surface area (Å²) in [5.41, 5.74) is 13.4. The van der Waals surface area contributed by atoms with Gasteiger partial charge in [0, 0.05) is 64.6 Å². The number of aromatic amines is 4. The van der Waals surface area contributed by atoms with Crippen LogP contribution in [0, 0.1) is 24.3 Å². The fourth-order valence-corrected chi connectivity index (χ4v) is 9.47. The van der Waals surface area contributed by atoms with Gasteiger partial charge in [-0.15, -0.1) is 0 Å². The van der Waals surface area contributed by atoms with Crippen LogP contribution in [-0.2, 0) is 21.7 Å². The molecule has 0 aliphatic heterocycles. The molecule has 4 nitrogen and oxygen atoms in total. The summed E-state index contributed by atoms with van der Waals surface area (Å²) in [5.74, 6) is 0. The minimum atomic E-state index is -0.0724. The van der Waals surface area contributed by atoms with Gasteiger partial charge in [-0.1, -0.05) is 132 Å². The molecule has 0 spiro atoms. The molecular weight excluding hydrogens is 729 g/mol. The van der Waals surface area contributed by atoms with Crippen molar-refractivity contribution in [2.75, 3.05) is 0 Å². The molecule has 5 heterocycles. The van der Waals surface area contributed by atoms with E-state index in [1.54, 1.807) is 0 Å². The van der Waals surface area contributed by atoms with Gasteiger partial charge in [-0.05, 0) is 92.4 Å². The summed E-state index contributed by atoms with van der Waals surface area (Å²) in [6, 6.07) is 42.9. The molecule has 0 unspecified atom stereocenters. The summed E-state index contributed by atoms with van der Waals surface area (Å²) in [5, 5.41) is 13.5. The maximum absolute atomic E-state index is 3.94. The zero-order chi connectivity index (χ0) is 42.0. The molecule has 11 aromatic rings. The van der Waals surface area contributed by atoms with Gasteiger partial charge in [0.1, 0.15) is 0 Å². The molecule has 6 aromatic carbocycles. The van der Waals surface area contributed by atoms with Crippen LogP contribution in [0.4, 0.5) is 0 Å². The van der Waals surface area contributed by atoms with Crippen LogP contribution in [0.25, 0.3) is 109 Å². The van der Waals surface area contributed by atoms with Crippen LogP contribution in [0.3, 0.4) is 0 Å². The Morgan fingerprint density at radius 1 is 0.267 bits per heavy atom. The number of fused-ring (bicyclic) bond motifs is 4. The fourth-order valence-electron chi connectivity index (χ4n) is 9.47. The molecule has 5 aromatic heterocycles. The second-order valence-corrected chi connectivity index (χ2v) is 21.6. The van der Waals surface area contributed by atoms with E-state index < -0.39 is 0 Å². The van der Waals surface area contributed by atoms with Crippen LogP contribution in [-0.4, -0.2) is 19.9 Å². The Bertz CT molecular complexity index is 3190. The Balaban J connectivity index is 1.40. The predicted molar refractivity (Wildman–Crippen MR) is 258 cm³/mol. The lowest BCUT2D eigenvalue weighted by molar-refractivity contribution is 0.591. The molecule has 0 amide bonds. The summed E-state index contributed by atoms with van der Waals surface area (Å²) < 4.78 is 0. The van der Waals surface area contributed by atoms with E-state index in [2.05, 4.69) is 200 Å². The number of benzene rings is 6. The lowest BCUT2D eigenvalue weighted by atomic mass is 9.85. The first-order chi connectivity index (χ1) is 28.2. The normalized spacial score (nSPS) is 13.4. The highest BCUT2D eigenvalue weighted by Crippen LogP contribution is 2.42. The first-order valence-electron chi connectivity index (χ1n) is 21.4. The summed E-state index contributed by atoms with van der Waals surface area (Å²) in [7, 11) is 0. The third-order valence-electron chi connectivity index (χ3n) is 13.3. The molecule has 0 saturated heterocycles. The van der Waals surface area contributed by atoms with Crippen LogP contribution < -0.4 is 0 Å². The van der Waals surface area contributed by atoms with E-state index >= 15 is 0 Å². The maximum Gasteiger partial charge on any atom is 0.0710 e. The van der Waals surface area contributed by atoms with Crippen molar-refractivity contribution in [3.05, 3.63) is 119 Å². The summed E-state index contributed by atoms with van der Waals surface area (Å²) in [6.07, 6.45) is 0. The van der Waals surface area contributed by atoms with Gasteiger partial charge < -0.3 is 19.9 Å². The molecule has 0 aliphatic carbocycles. The topological polar surface area (TPSA) is 63.2 Å². The van der Waals surface area contributed by atoms with Crippen LogP contribution >= 0.6 is 0 Å². The van der Waals surface area contributed by atoms with Crippen molar-refractivity contribution >= 4 is 109 Å². The summed E-state index contributed by atoms with van der Waals surface area (Å²) in [4.78, 5) is 15.7. The van der Waals surface area contributed by atoms with Gasteiger partial charge in [0.05, 0.1) is 44.1 Å². The van der Waals surface area contributed by atoms with E-state index in [1.165, 1.54) is 65.3 Å². The molecule has 4 heteroatoms. The highest BCUT2D eigenvalue weighted by Gasteiger charge is 2.23. The quantitative estimate of drug-likeness (QED) is 0.118. The van der Waals surface area contributed by atoms with Gasteiger partial charge in [0.25, 0.3) is 0 Å². The summed E-state index contributed by atoms with van der Waals surface area (Å²) in [6.45, 7) is 27.5. The van der Waals surface area contributed by atoms with Gasteiger partial charge in [-0.25, -0.2) is 0 Å². The molecule has 0 aliphatic rings. The van der Waals surface area contributed by atoms with E-state index in [1.807, 2.05) is 0 Å². The van der Waals surface area contributed by atoms with Crippen molar-refractivity contribution in [1.29, 1.82) is 0 Å². The first kappa shape index (κ1) is 36.7. The standard InChI is InChI=1S/C56H52N4/c1-53(2,3)33-21-29-13-14-30-22-34(54(4,5)6)26-43-39-19-20-40-44-28-36(56(10,11)12)24-32(48(44)60-52(40)51(39)59-46(30)43)16-15-31-23-35(55(7,8)9)27-42-38-18-17-37-41(25-33)45(29)57-49(37)50(38)58-47(31)42/h17-28,57-60H,1-12H3. The van der Waals surface area contributed by atoms with Gasteiger partial charge in [0.15, 0.2) is 0 Å². The monoisotopic (exact) mass is 780 g/mol. The Morgan fingerprint density at radius 2 is 0.467 bits per heavy atom. The van der Waals surface area contributed by atoms with Crippen molar-refractivity contribution in [3.63, 3.8) is 0 Å². The second kappa shape index (κ2) is 11.7. The van der Waals surface area contributed by atoms with E-state index in [9.17, 15) is 0 Å². The zero-order valence-electron chi connectivity index (χ0n) is 36.9. The summed E-state index contributed by atoms with van der Waals surface area (Å²) >= 11 is 0. The van der Waals surface area contributed by atoms with Crippen LogP contribution in [0.2, 0.25) is 0 Å². The molecular formula is C56H52N4. The number of aromatic nitrogens is 4.